The minimum atomic E-state index is -3.71. The molecular weight excluding hydrogens is 458 g/mol. The summed E-state index contributed by atoms with van der Waals surface area (Å²) in [5.41, 5.74) is 3.36. The smallest absolute Gasteiger partial charge is 0.257 e. The van der Waals surface area contributed by atoms with Crippen molar-refractivity contribution in [1.82, 2.24) is 9.29 Å². The van der Waals surface area contributed by atoms with Gasteiger partial charge in [0.05, 0.1) is 18.1 Å². The van der Waals surface area contributed by atoms with Crippen molar-refractivity contribution in [1.29, 1.82) is 0 Å². The number of nitrogens with one attached hydrogen (secondary N) is 1. The molecule has 1 aliphatic heterocycles. The third-order valence-electron chi connectivity index (χ3n) is 5.53. The van der Waals surface area contributed by atoms with Crippen LogP contribution in [0.4, 0.5) is 5.13 Å². The van der Waals surface area contributed by atoms with Crippen LogP contribution in [0, 0.1) is 6.92 Å². The first-order valence-electron chi connectivity index (χ1n) is 10.9. The van der Waals surface area contributed by atoms with Gasteiger partial charge in [0.1, 0.15) is 0 Å². The number of ether oxygens (including phenoxy) is 1. The highest BCUT2D eigenvalue weighted by molar-refractivity contribution is 7.89. The Hall–Kier alpha value is -2.59. The molecule has 9 heteroatoms. The number of amides is 1. The third-order valence-corrected chi connectivity index (χ3v) is 8.43. The van der Waals surface area contributed by atoms with Gasteiger partial charge in [-0.15, -0.1) is 11.3 Å². The zero-order valence-corrected chi connectivity index (χ0v) is 20.3. The highest BCUT2D eigenvalue weighted by Crippen LogP contribution is 2.25. The number of rotatable bonds is 7. The van der Waals surface area contributed by atoms with Crippen LogP contribution in [0.3, 0.4) is 0 Å². The number of sulfonamides is 1. The van der Waals surface area contributed by atoms with Crippen LogP contribution in [-0.2, 0) is 27.6 Å². The second-order valence-corrected chi connectivity index (χ2v) is 11.0. The molecule has 0 spiro atoms. The normalized spacial score (nSPS) is 14.8. The van der Waals surface area contributed by atoms with Crippen molar-refractivity contribution in [3.05, 3.63) is 75.8 Å². The Bertz CT molecular complexity index is 1250. The molecule has 0 unspecified atom stereocenters. The number of carbonyl (C=O) groups excluding carboxylic acids is 1. The Kier molecular flexibility index (Phi) is 7.23. The van der Waals surface area contributed by atoms with Crippen LogP contribution in [0.1, 0.15) is 38.8 Å². The molecule has 0 radical (unpaired) electrons. The van der Waals surface area contributed by atoms with E-state index in [9.17, 15) is 13.2 Å². The van der Waals surface area contributed by atoms with Crippen LogP contribution in [-0.4, -0.2) is 49.9 Å². The molecule has 7 nitrogen and oxygen atoms in total. The van der Waals surface area contributed by atoms with Gasteiger partial charge < -0.3 is 4.74 Å². The van der Waals surface area contributed by atoms with E-state index in [1.54, 1.807) is 18.3 Å². The predicted molar refractivity (Wildman–Crippen MR) is 129 cm³/mol. The first-order chi connectivity index (χ1) is 15.9. The number of nitrogens with zero attached hydrogens (tertiary/aromatic N) is 2. The van der Waals surface area contributed by atoms with E-state index in [1.165, 1.54) is 32.8 Å². The highest BCUT2D eigenvalue weighted by atomic mass is 32.2. The van der Waals surface area contributed by atoms with Gasteiger partial charge in [-0.3, -0.25) is 10.1 Å². The van der Waals surface area contributed by atoms with Crippen LogP contribution in [0.25, 0.3) is 0 Å². The first-order valence-corrected chi connectivity index (χ1v) is 13.1. The highest BCUT2D eigenvalue weighted by Gasteiger charge is 2.29. The van der Waals surface area contributed by atoms with Gasteiger partial charge >= 0.3 is 0 Å². The lowest BCUT2D eigenvalue weighted by molar-refractivity contribution is 0.0730. The zero-order chi connectivity index (χ0) is 23.4. The lowest BCUT2D eigenvalue weighted by atomic mass is 10.1. The molecule has 1 amide bonds. The minimum Gasteiger partial charge on any atom is -0.379 e. The molecule has 1 N–H and O–H groups in total. The van der Waals surface area contributed by atoms with E-state index in [-0.39, 0.29) is 16.4 Å². The molecule has 1 saturated heterocycles. The summed E-state index contributed by atoms with van der Waals surface area (Å²) in [5.74, 6) is -0.382. The summed E-state index contributed by atoms with van der Waals surface area (Å²) >= 11 is 1.41. The summed E-state index contributed by atoms with van der Waals surface area (Å²) in [6.07, 6.45) is 3.05. The molecule has 0 atom stereocenters. The van der Waals surface area contributed by atoms with Crippen molar-refractivity contribution in [2.24, 2.45) is 0 Å². The van der Waals surface area contributed by atoms with Gasteiger partial charge in [-0.2, -0.15) is 4.31 Å². The van der Waals surface area contributed by atoms with Crippen molar-refractivity contribution in [3.63, 3.8) is 0 Å². The second-order valence-electron chi connectivity index (χ2n) is 7.94. The Morgan fingerprint density at radius 3 is 2.70 bits per heavy atom. The molecule has 0 saturated carbocycles. The van der Waals surface area contributed by atoms with E-state index in [1.807, 2.05) is 13.0 Å². The number of morpholine rings is 1. The van der Waals surface area contributed by atoms with Crippen molar-refractivity contribution in [2.45, 2.75) is 31.6 Å². The molecule has 1 fully saturated rings. The van der Waals surface area contributed by atoms with Crippen LogP contribution in [0.5, 0.6) is 0 Å². The lowest BCUT2D eigenvalue weighted by Crippen LogP contribution is -2.41. The van der Waals surface area contributed by atoms with Crippen LogP contribution >= 0.6 is 11.3 Å². The number of aryl methyl sites for hydroxylation is 2. The summed E-state index contributed by atoms with van der Waals surface area (Å²) in [5, 5.41) is 3.30. The predicted octanol–water partition coefficient (Wildman–Crippen LogP) is 3.88. The Morgan fingerprint density at radius 1 is 1.18 bits per heavy atom. The van der Waals surface area contributed by atoms with Gasteiger partial charge in [0.2, 0.25) is 10.0 Å². The van der Waals surface area contributed by atoms with Crippen molar-refractivity contribution < 1.29 is 17.9 Å². The van der Waals surface area contributed by atoms with Gasteiger partial charge in [0.15, 0.2) is 5.13 Å². The number of hydrogen-bond donors (Lipinski definition) is 1. The van der Waals surface area contributed by atoms with E-state index in [0.29, 0.717) is 43.4 Å². The van der Waals surface area contributed by atoms with Gasteiger partial charge in [-0.05, 0) is 36.6 Å². The number of anilines is 1. The fraction of sp³-hybridized carbons (Fsp3) is 0.333. The summed E-state index contributed by atoms with van der Waals surface area (Å²) in [4.78, 5) is 18.4. The number of benzene rings is 2. The Labute approximate surface area is 198 Å². The van der Waals surface area contributed by atoms with Crippen molar-refractivity contribution in [2.75, 3.05) is 31.6 Å². The molecular formula is C24H27N3O4S2. The monoisotopic (exact) mass is 485 g/mol. The quantitative estimate of drug-likeness (QED) is 0.549. The third kappa shape index (κ3) is 5.50. The molecule has 0 bridgehead atoms. The molecule has 3 aromatic rings. The molecule has 1 aromatic heterocycles. The van der Waals surface area contributed by atoms with Gasteiger partial charge in [-0.1, -0.05) is 42.8 Å². The van der Waals surface area contributed by atoms with Crippen LogP contribution in [0.2, 0.25) is 0 Å². The molecule has 4 rings (SSSR count). The maximum atomic E-state index is 13.2. The van der Waals surface area contributed by atoms with Gasteiger partial charge in [-0.25, -0.2) is 13.4 Å². The van der Waals surface area contributed by atoms with Crippen molar-refractivity contribution in [3.8, 4) is 0 Å². The molecule has 1 aliphatic rings. The van der Waals surface area contributed by atoms with E-state index >= 15 is 0 Å². The zero-order valence-electron chi connectivity index (χ0n) is 18.7. The maximum absolute atomic E-state index is 13.2. The maximum Gasteiger partial charge on any atom is 0.257 e. The summed E-state index contributed by atoms with van der Waals surface area (Å²) < 4.78 is 33.2. The summed E-state index contributed by atoms with van der Waals surface area (Å²) in [6.45, 7) is 5.32. The number of carbonyl (C=O) groups is 1. The Morgan fingerprint density at radius 2 is 1.97 bits per heavy atom. The first kappa shape index (κ1) is 23.6. The van der Waals surface area contributed by atoms with Gasteiger partial charge in [0.25, 0.3) is 5.91 Å². The van der Waals surface area contributed by atoms with Gasteiger partial charge in [0, 0.05) is 36.1 Å². The summed E-state index contributed by atoms with van der Waals surface area (Å²) in [7, 11) is -3.71. The molecule has 33 heavy (non-hydrogen) atoms. The van der Waals surface area contributed by atoms with Crippen LogP contribution < -0.4 is 5.32 Å². The van der Waals surface area contributed by atoms with E-state index < -0.39 is 10.0 Å². The molecule has 174 valence electrons. The molecule has 2 aromatic carbocycles. The lowest BCUT2D eigenvalue weighted by Gasteiger charge is -2.27. The SMILES string of the molecule is CCc1ccc(C(=O)Nc2ncc(Cc3cccc(C)c3)s2)cc1S(=O)(=O)N1CCOCC1. The van der Waals surface area contributed by atoms with E-state index in [2.05, 4.69) is 35.4 Å². The number of thiazole rings is 1. The molecule has 2 heterocycles. The average molecular weight is 486 g/mol. The van der Waals surface area contributed by atoms with Crippen LogP contribution in [0.15, 0.2) is 53.6 Å². The number of aromatic nitrogens is 1. The summed E-state index contributed by atoms with van der Waals surface area (Å²) in [6, 6.07) is 13.1. The second kappa shape index (κ2) is 10.1. The fourth-order valence-corrected chi connectivity index (χ4v) is 6.36. The topological polar surface area (TPSA) is 88.6 Å². The van der Waals surface area contributed by atoms with E-state index in [0.717, 1.165) is 11.3 Å². The Balaban J connectivity index is 1.52. The molecule has 0 aliphatic carbocycles. The standard InChI is InChI=1S/C24H27N3O4S2/c1-3-19-7-8-20(15-22(19)33(29,30)27-9-11-31-12-10-27)23(28)26-24-25-16-21(32-24)14-18-6-4-5-17(2)13-18/h4-8,13,15-16H,3,9-12,14H2,1-2H3,(H,25,26,28). The number of hydrogen-bond acceptors (Lipinski definition) is 6. The largest absolute Gasteiger partial charge is 0.379 e. The average Bonchev–Trinajstić information content (AvgIpc) is 3.25. The minimum absolute atomic E-state index is 0.179. The fourth-order valence-electron chi connectivity index (χ4n) is 3.79. The van der Waals surface area contributed by atoms with E-state index in [4.69, 9.17) is 4.74 Å². The van der Waals surface area contributed by atoms with Crippen molar-refractivity contribution >= 4 is 32.4 Å².